The van der Waals surface area contributed by atoms with Gasteiger partial charge in [-0.25, -0.2) is 9.37 Å². The first-order chi connectivity index (χ1) is 12.2. The molecule has 1 amide bonds. The van der Waals surface area contributed by atoms with E-state index in [0.29, 0.717) is 29.1 Å². The highest BCUT2D eigenvalue weighted by Gasteiger charge is 2.13. The maximum Gasteiger partial charge on any atom is 0.254 e. The lowest BCUT2D eigenvalue weighted by Gasteiger charge is -2.09. The van der Waals surface area contributed by atoms with E-state index in [1.807, 2.05) is 30.3 Å². The van der Waals surface area contributed by atoms with Crippen molar-refractivity contribution in [2.45, 2.75) is 16.3 Å². The topological polar surface area (TPSA) is 42.0 Å². The quantitative estimate of drug-likeness (QED) is 0.717. The summed E-state index contributed by atoms with van der Waals surface area (Å²) in [4.78, 5) is 17.8. The largest absolute Gasteiger partial charge is 0.352 e. The zero-order chi connectivity index (χ0) is 17.5. The summed E-state index contributed by atoms with van der Waals surface area (Å²) in [6.45, 7) is 0.365. The van der Waals surface area contributed by atoms with Crippen molar-refractivity contribution in [3.63, 3.8) is 0 Å². The highest BCUT2D eigenvalue weighted by Crippen LogP contribution is 2.28. The van der Waals surface area contributed by atoms with E-state index in [1.54, 1.807) is 36.5 Å². The Kier molecular flexibility index (Phi) is 5.80. The standard InChI is InChI=1S/C20H17FN2OS/c21-18-11-5-4-7-15(18)12-14-22-19(24)17-10-6-13-23-20(17)25-16-8-2-1-3-9-16/h1-11,13H,12,14H2,(H,22,24). The summed E-state index contributed by atoms with van der Waals surface area (Å²) < 4.78 is 13.6. The number of amides is 1. The monoisotopic (exact) mass is 352 g/mol. The van der Waals surface area contributed by atoms with Crippen molar-refractivity contribution >= 4 is 17.7 Å². The average Bonchev–Trinajstić information content (AvgIpc) is 2.64. The fourth-order valence-electron chi connectivity index (χ4n) is 2.35. The molecule has 5 heteroatoms. The van der Waals surface area contributed by atoms with Crippen molar-refractivity contribution in [1.82, 2.24) is 10.3 Å². The minimum atomic E-state index is -0.251. The number of halogens is 1. The van der Waals surface area contributed by atoms with E-state index in [-0.39, 0.29) is 11.7 Å². The molecule has 0 saturated heterocycles. The second kappa shape index (κ2) is 8.44. The predicted molar refractivity (Wildman–Crippen MR) is 97.2 cm³/mol. The summed E-state index contributed by atoms with van der Waals surface area (Å²) in [5.74, 6) is -0.457. The molecule has 3 nitrogen and oxygen atoms in total. The Balaban J connectivity index is 1.65. The van der Waals surface area contributed by atoms with Gasteiger partial charge >= 0.3 is 0 Å². The first kappa shape index (κ1) is 17.2. The molecule has 0 atom stereocenters. The van der Waals surface area contributed by atoms with E-state index in [4.69, 9.17) is 0 Å². The fraction of sp³-hybridized carbons (Fsp3) is 0.100. The zero-order valence-electron chi connectivity index (χ0n) is 13.5. The van der Waals surface area contributed by atoms with Crippen LogP contribution in [0.25, 0.3) is 0 Å². The molecule has 0 fully saturated rings. The molecule has 25 heavy (non-hydrogen) atoms. The minimum absolute atomic E-state index is 0.206. The average molecular weight is 352 g/mol. The highest BCUT2D eigenvalue weighted by atomic mass is 32.2. The third-order valence-electron chi connectivity index (χ3n) is 3.61. The summed E-state index contributed by atoms with van der Waals surface area (Å²) in [6, 6.07) is 19.8. The van der Waals surface area contributed by atoms with E-state index in [0.717, 1.165) is 4.90 Å². The Morgan fingerprint density at radius 2 is 1.76 bits per heavy atom. The molecule has 0 aliphatic heterocycles. The van der Waals surface area contributed by atoms with Gasteiger partial charge in [0, 0.05) is 17.6 Å². The molecule has 126 valence electrons. The van der Waals surface area contributed by atoms with Gasteiger partial charge in [-0.15, -0.1) is 0 Å². The van der Waals surface area contributed by atoms with Gasteiger partial charge in [-0.2, -0.15) is 0 Å². The number of hydrogen-bond donors (Lipinski definition) is 1. The lowest BCUT2D eigenvalue weighted by molar-refractivity contribution is 0.0950. The van der Waals surface area contributed by atoms with Crippen molar-refractivity contribution < 1.29 is 9.18 Å². The molecule has 2 aromatic carbocycles. The van der Waals surface area contributed by atoms with E-state index >= 15 is 0 Å². The molecule has 0 bridgehead atoms. The Morgan fingerprint density at radius 3 is 2.56 bits per heavy atom. The molecule has 1 N–H and O–H groups in total. The molecule has 0 aliphatic carbocycles. The van der Waals surface area contributed by atoms with Crippen LogP contribution < -0.4 is 5.32 Å². The lowest BCUT2D eigenvalue weighted by atomic mass is 10.1. The van der Waals surface area contributed by atoms with Crippen molar-refractivity contribution in [3.8, 4) is 0 Å². The van der Waals surface area contributed by atoms with Crippen LogP contribution in [0, 0.1) is 5.82 Å². The summed E-state index contributed by atoms with van der Waals surface area (Å²) in [7, 11) is 0. The summed E-state index contributed by atoms with van der Waals surface area (Å²) in [5, 5.41) is 3.49. The summed E-state index contributed by atoms with van der Waals surface area (Å²) in [6.07, 6.45) is 2.11. The first-order valence-electron chi connectivity index (χ1n) is 7.93. The van der Waals surface area contributed by atoms with Crippen LogP contribution in [0.4, 0.5) is 4.39 Å². The molecule has 0 spiro atoms. The second-order valence-corrected chi connectivity index (χ2v) is 6.43. The van der Waals surface area contributed by atoms with Crippen LogP contribution in [0.15, 0.2) is 82.8 Å². The molecule has 3 aromatic rings. The minimum Gasteiger partial charge on any atom is -0.352 e. The lowest BCUT2D eigenvalue weighted by Crippen LogP contribution is -2.26. The van der Waals surface area contributed by atoms with Crippen molar-refractivity contribution in [1.29, 1.82) is 0 Å². The molecule has 0 unspecified atom stereocenters. The van der Waals surface area contributed by atoms with Crippen LogP contribution in [-0.4, -0.2) is 17.4 Å². The van der Waals surface area contributed by atoms with Gasteiger partial charge in [-0.3, -0.25) is 4.79 Å². The molecular weight excluding hydrogens is 335 g/mol. The molecule has 0 aliphatic rings. The van der Waals surface area contributed by atoms with Gasteiger partial charge < -0.3 is 5.32 Å². The van der Waals surface area contributed by atoms with Crippen molar-refractivity contribution in [3.05, 3.63) is 89.9 Å². The highest BCUT2D eigenvalue weighted by molar-refractivity contribution is 7.99. The number of hydrogen-bond acceptors (Lipinski definition) is 3. The van der Waals surface area contributed by atoms with Gasteiger partial charge in [-0.05, 0) is 42.3 Å². The maximum atomic E-state index is 13.6. The Bertz CT molecular complexity index is 855. The number of nitrogens with one attached hydrogen (secondary N) is 1. The zero-order valence-corrected chi connectivity index (χ0v) is 14.3. The number of aromatic nitrogens is 1. The molecule has 1 heterocycles. The smallest absolute Gasteiger partial charge is 0.254 e. The predicted octanol–water partition coefficient (Wildman–Crippen LogP) is 4.34. The van der Waals surface area contributed by atoms with Crippen molar-refractivity contribution in [2.75, 3.05) is 6.54 Å². The van der Waals surface area contributed by atoms with Gasteiger partial charge in [0.15, 0.2) is 0 Å². The molecule has 0 radical (unpaired) electrons. The number of carbonyl (C=O) groups is 1. The van der Waals surface area contributed by atoms with Gasteiger partial charge in [0.25, 0.3) is 5.91 Å². The van der Waals surface area contributed by atoms with Gasteiger partial charge in [-0.1, -0.05) is 48.2 Å². The van der Waals surface area contributed by atoms with E-state index < -0.39 is 0 Å². The Morgan fingerprint density at radius 1 is 1.00 bits per heavy atom. The second-order valence-electron chi connectivity index (χ2n) is 5.37. The summed E-state index contributed by atoms with van der Waals surface area (Å²) >= 11 is 1.44. The Hall–Kier alpha value is -2.66. The van der Waals surface area contributed by atoms with Crippen LogP contribution in [0.1, 0.15) is 15.9 Å². The van der Waals surface area contributed by atoms with Gasteiger partial charge in [0.2, 0.25) is 0 Å². The molecular formula is C20H17FN2OS. The van der Waals surface area contributed by atoms with Gasteiger partial charge in [0.1, 0.15) is 10.8 Å². The maximum absolute atomic E-state index is 13.6. The molecule has 1 aromatic heterocycles. The van der Waals surface area contributed by atoms with E-state index in [1.165, 1.54) is 17.8 Å². The third kappa shape index (κ3) is 4.67. The van der Waals surface area contributed by atoms with Gasteiger partial charge in [0.05, 0.1) is 5.56 Å². The van der Waals surface area contributed by atoms with Crippen LogP contribution in [0.2, 0.25) is 0 Å². The van der Waals surface area contributed by atoms with Crippen LogP contribution in [0.5, 0.6) is 0 Å². The molecule has 3 rings (SSSR count). The summed E-state index contributed by atoms with van der Waals surface area (Å²) in [5.41, 5.74) is 1.11. The number of benzene rings is 2. The van der Waals surface area contributed by atoms with Crippen LogP contribution >= 0.6 is 11.8 Å². The number of carbonyl (C=O) groups excluding carboxylic acids is 1. The Labute approximate surface area is 150 Å². The SMILES string of the molecule is O=C(NCCc1ccccc1F)c1cccnc1Sc1ccccc1. The van der Waals surface area contributed by atoms with E-state index in [2.05, 4.69) is 10.3 Å². The fourth-order valence-corrected chi connectivity index (χ4v) is 3.25. The van der Waals surface area contributed by atoms with Crippen molar-refractivity contribution in [2.24, 2.45) is 0 Å². The van der Waals surface area contributed by atoms with Crippen LogP contribution in [0.3, 0.4) is 0 Å². The third-order valence-corrected chi connectivity index (χ3v) is 4.64. The molecule has 0 saturated carbocycles. The van der Waals surface area contributed by atoms with E-state index in [9.17, 15) is 9.18 Å². The normalized spacial score (nSPS) is 10.4. The number of nitrogens with zero attached hydrogens (tertiary/aromatic N) is 1. The van der Waals surface area contributed by atoms with Crippen LogP contribution in [-0.2, 0) is 6.42 Å². The first-order valence-corrected chi connectivity index (χ1v) is 8.75. The number of pyridine rings is 1. The number of rotatable bonds is 6.